The van der Waals surface area contributed by atoms with Crippen LogP contribution in [0, 0.1) is 5.92 Å². The summed E-state index contributed by atoms with van der Waals surface area (Å²) in [6, 6.07) is 5.40. The quantitative estimate of drug-likeness (QED) is 0.873. The summed E-state index contributed by atoms with van der Waals surface area (Å²) in [6.45, 7) is 2.27. The lowest BCUT2D eigenvalue weighted by molar-refractivity contribution is -0.137. The van der Waals surface area contributed by atoms with Gasteiger partial charge in [0.2, 0.25) is 5.91 Å². The first-order valence-electron chi connectivity index (χ1n) is 8.87. The van der Waals surface area contributed by atoms with Crippen LogP contribution >= 0.6 is 0 Å². The number of aryl methyl sites for hydroxylation is 1. The molecule has 1 amide bonds. The summed E-state index contributed by atoms with van der Waals surface area (Å²) >= 11 is 0. The normalized spacial score (nSPS) is 24.5. The standard InChI is InChI=1S/C18H24F3N3O/c19-18(20,21)15-5-1-3-13(11-15)6-7-14-4-2-10-24(12-14)17(25)16-8-9-22-23-16/h1,3,5,11,14,16,22-23H,2,4,6-10,12H2. The Hall–Kier alpha value is -1.60. The molecule has 25 heavy (non-hydrogen) atoms. The largest absolute Gasteiger partial charge is 0.416 e. The van der Waals surface area contributed by atoms with Crippen LogP contribution < -0.4 is 10.9 Å². The lowest BCUT2D eigenvalue weighted by Crippen LogP contribution is -2.49. The molecule has 2 N–H and O–H groups in total. The number of rotatable bonds is 4. The van der Waals surface area contributed by atoms with Crippen molar-refractivity contribution in [3.63, 3.8) is 0 Å². The molecule has 2 unspecified atom stereocenters. The first-order valence-corrected chi connectivity index (χ1v) is 8.87. The van der Waals surface area contributed by atoms with Crippen LogP contribution in [0.1, 0.15) is 36.8 Å². The van der Waals surface area contributed by atoms with E-state index in [0.717, 1.165) is 44.8 Å². The van der Waals surface area contributed by atoms with Gasteiger partial charge in [-0.15, -0.1) is 0 Å². The molecule has 2 aliphatic heterocycles. The minimum atomic E-state index is -4.30. The molecule has 1 aromatic carbocycles. The molecule has 4 nitrogen and oxygen atoms in total. The minimum Gasteiger partial charge on any atom is -0.341 e. The van der Waals surface area contributed by atoms with E-state index in [9.17, 15) is 18.0 Å². The zero-order chi connectivity index (χ0) is 17.9. The van der Waals surface area contributed by atoms with Gasteiger partial charge in [-0.05, 0) is 49.7 Å². The number of benzene rings is 1. The van der Waals surface area contributed by atoms with Gasteiger partial charge >= 0.3 is 6.18 Å². The van der Waals surface area contributed by atoms with E-state index in [2.05, 4.69) is 10.9 Å². The monoisotopic (exact) mass is 355 g/mol. The predicted octanol–water partition coefficient (Wildman–Crippen LogP) is 2.74. The van der Waals surface area contributed by atoms with Gasteiger partial charge in [-0.3, -0.25) is 10.2 Å². The molecule has 0 radical (unpaired) electrons. The number of nitrogens with one attached hydrogen (secondary N) is 2. The SMILES string of the molecule is O=C(C1CCNN1)N1CCCC(CCc2cccc(C(F)(F)F)c2)C1. The Balaban J connectivity index is 1.54. The number of likely N-dealkylation sites (tertiary alicyclic amines) is 1. The molecule has 2 heterocycles. The molecule has 0 aromatic heterocycles. The number of piperidine rings is 1. The summed E-state index contributed by atoms with van der Waals surface area (Å²) in [5.41, 5.74) is 6.09. The van der Waals surface area contributed by atoms with Crippen LogP contribution in [0.5, 0.6) is 0 Å². The maximum Gasteiger partial charge on any atom is 0.416 e. The zero-order valence-corrected chi connectivity index (χ0v) is 14.1. The average Bonchev–Trinajstić information content (AvgIpc) is 3.14. The van der Waals surface area contributed by atoms with Crippen LogP contribution in [0.15, 0.2) is 24.3 Å². The van der Waals surface area contributed by atoms with Crippen molar-refractivity contribution in [1.82, 2.24) is 15.8 Å². The highest BCUT2D eigenvalue weighted by Gasteiger charge is 2.31. The van der Waals surface area contributed by atoms with E-state index in [4.69, 9.17) is 0 Å². The highest BCUT2D eigenvalue weighted by Crippen LogP contribution is 2.30. The number of carbonyl (C=O) groups is 1. The molecule has 0 spiro atoms. The molecule has 2 saturated heterocycles. The Kier molecular flexibility index (Phi) is 5.64. The molecule has 0 bridgehead atoms. The Morgan fingerprint density at radius 3 is 2.84 bits per heavy atom. The summed E-state index contributed by atoms with van der Waals surface area (Å²) in [4.78, 5) is 14.4. The number of hydrazine groups is 1. The van der Waals surface area contributed by atoms with Crippen molar-refractivity contribution in [2.24, 2.45) is 5.92 Å². The van der Waals surface area contributed by atoms with Crippen LogP contribution in [0.4, 0.5) is 13.2 Å². The molecule has 2 fully saturated rings. The fourth-order valence-electron chi connectivity index (χ4n) is 3.66. The fourth-order valence-corrected chi connectivity index (χ4v) is 3.66. The molecule has 0 saturated carbocycles. The third-order valence-electron chi connectivity index (χ3n) is 5.06. The molecule has 1 aromatic rings. The second-order valence-electron chi connectivity index (χ2n) is 6.94. The molecule has 2 aliphatic rings. The number of alkyl halides is 3. The van der Waals surface area contributed by atoms with Crippen molar-refractivity contribution in [2.75, 3.05) is 19.6 Å². The van der Waals surface area contributed by atoms with Crippen LogP contribution in [0.2, 0.25) is 0 Å². The van der Waals surface area contributed by atoms with E-state index in [1.54, 1.807) is 6.07 Å². The van der Waals surface area contributed by atoms with Crippen LogP contribution in [0.25, 0.3) is 0 Å². The third kappa shape index (κ3) is 4.73. The van der Waals surface area contributed by atoms with Crippen molar-refractivity contribution in [3.05, 3.63) is 35.4 Å². The van der Waals surface area contributed by atoms with Crippen molar-refractivity contribution in [3.8, 4) is 0 Å². The molecule has 2 atom stereocenters. The predicted molar refractivity (Wildman–Crippen MR) is 88.6 cm³/mol. The second kappa shape index (κ2) is 7.74. The number of amides is 1. The first kappa shape index (κ1) is 18.2. The number of hydrogen-bond donors (Lipinski definition) is 2. The van der Waals surface area contributed by atoms with Gasteiger partial charge < -0.3 is 4.90 Å². The van der Waals surface area contributed by atoms with E-state index in [0.29, 0.717) is 24.4 Å². The number of hydrogen-bond acceptors (Lipinski definition) is 3. The van der Waals surface area contributed by atoms with E-state index in [1.165, 1.54) is 12.1 Å². The Morgan fingerprint density at radius 2 is 2.12 bits per heavy atom. The lowest BCUT2D eigenvalue weighted by atomic mass is 9.91. The van der Waals surface area contributed by atoms with Crippen LogP contribution in [0.3, 0.4) is 0 Å². The average molecular weight is 355 g/mol. The smallest absolute Gasteiger partial charge is 0.341 e. The molecule has 0 aliphatic carbocycles. The summed E-state index contributed by atoms with van der Waals surface area (Å²) in [5.74, 6) is 0.482. The van der Waals surface area contributed by atoms with E-state index >= 15 is 0 Å². The van der Waals surface area contributed by atoms with Gasteiger partial charge in [-0.1, -0.05) is 18.2 Å². The summed E-state index contributed by atoms with van der Waals surface area (Å²) < 4.78 is 38.4. The summed E-state index contributed by atoms with van der Waals surface area (Å²) in [6.07, 6.45) is -0.101. The maximum absolute atomic E-state index is 12.8. The van der Waals surface area contributed by atoms with Gasteiger partial charge in [0.15, 0.2) is 0 Å². The molecule has 7 heteroatoms. The first-order chi connectivity index (χ1) is 11.9. The minimum absolute atomic E-state index is 0.133. The van der Waals surface area contributed by atoms with Crippen LogP contribution in [-0.4, -0.2) is 36.5 Å². The Morgan fingerprint density at radius 1 is 1.28 bits per heavy atom. The number of halogens is 3. The van der Waals surface area contributed by atoms with E-state index < -0.39 is 11.7 Å². The Labute approximate surface area is 145 Å². The summed E-state index contributed by atoms with van der Waals surface area (Å²) in [7, 11) is 0. The molecular weight excluding hydrogens is 331 g/mol. The third-order valence-corrected chi connectivity index (χ3v) is 5.06. The van der Waals surface area contributed by atoms with Crippen LogP contribution in [-0.2, 0) is 17.4 Å². The van der Waals surface area contributed by atoms with Crippen molar-refractivity contribution in [2.45, 2.75) is 44.3 Å². The second-order valence-corrected chi connectivity index (χ2v) is 6.94. The van der Waals surface area contributed by atoms with E-state index in [1.807, 2.05) is 4.90 Å². The van der Waals surface area contributed by atoms with Gasteiger partial charge in [0, 0.05) is 19.6 Å². The highest BCUT2D eigenvalue weighted by atomic mass is 19.4. The van der Waals surface area contributed by atoms with Gasteiger partial charge in [0.1, 0.15) is 6.04 Å². The van der Waals surface area contributed by atoms with Gasteiger partial charge in [0.05, 0.1) is 5.56 Å². The molecule has 138 valence electrons. The summed E-state index contributed by atoms with van der Waals surface area (Å²) in [5, 5.41) is 0. The van der Waals surface area contributed by atoms with Gasteiger partial charge in [0.25, 0.3) is 0 Å². The van der Waals surface area contributed by atoms with E-state index in [-0.39, 0.29) is 11.9 Å². The van der Waals surface area contributed by atoms with Crippen molar-refractivity contribution < 1.29 is 18.0 Å². The molecular formula is C18H24F3N3O. The lowest BCUT2D eigenvalue weighted by Gasteiger charge is -2.34. The zero-order valence-electron chi connectivity index (χ0n) is 14.1. The highest BCUT2D eigenvalue weighted by molar-refractivity contribution is 5.82. The maximum atomic E-state index is 12.8. The van der Waals surface area contributed by atoms with Gasteiger partial charge in [-0.2, -0.15) is 13.2 Å². The topological polar surface area (TPSA) is 44.4 Å². The number of nitrogens with zero attached hydrogens (tertiary/aromatic N) is 1. The molecule has 3 rings (SSSR count). The number of carbonyl (C=O) groups excluding carboxylic acids is 1. The van der Waals surface area contributed by atoms with Crippen molar-refractivity contribution >= 4 is 5.91 Å². The van der Waals surface area contributed by atoms with Crippen molar-refractivity contribution in [1.29, 1.82) is 0 Å². The van der Waals surface area contributed by atoms with Gasteiger partial charge in [-0.25, -0.2) is 5.43 Å². The Bertz CT molecular complexity index is 599. The fraction of sp³-hybridized carbons (Fsp3) is 0.611.